The van der Waals surface area contributed by atoms with Crippen LogP contribution in [0, 0.1) is 0 Å². The van der Waals surface area contributed by atoms with E-state index in [-0.39, 0.29) is 0 Å². The minimum atomic E-state index is -0.456. The van der Waals surface area contributed by atoms with Crippen LogP contribution < -0.4 is 5.73 Å². The predicted octanol–water partition coefficient (Wildman–Crippen LogP) is 4.57. The van der Waals surface area contributed by atoms with Gasteiger partial charge in [0.2, 0.25) is 5.91 Å². The summed E-state index contributed by atoms with van der Waals surface area (Å²) in [5.74, 6) is 0.308. The number of hydrogen-bond acceptors (Lipinski definition) is 2. The highest BCUT2D eigenvalue weighted by Gasteiger charge is 2.08. The Hall–Kier alpha value is -3.11. The number of nitrogens with zero attached hydrogens (tertiary/aromatic N) is 1. The summed E-state index contributed by atoms with van der Waals surface area (Å²) in [7, 11) is 0. The van der Waals surface area contributed by atoms with Gasteiger partial charge in [-0.05, 0) is 47.9 Å². The van der Waals surface area contributed by atoms with Gasteiger partial charge in [-0.15, -0.1) is 0 Å². The van der Waals surface area contributed by atoms with E-state index in [4.69, 9.17) is 17.3 Å². The van der Waals surface area contributed by atoms with Crippen LogP contribution in [0.3, 0.4) is 0 Å². The van der Waals surface area contributed by atoms with Gasteiger partial charge in [0.05, 0.1) is 11.0 Å². The van der Waals surface area contributed by atoms with Gasteiger partial charge >= 0.3 is 0 Å². The summed E-state index contributed by atoms with van der Waals surface area (Å²) in [6, 6.07) is 21.3. The van der Waals surface area contributed by atoms with Crippen molar-refractivity contribution in [1.82, 2.24) is 9.97 Å². The number of hydrogen-bond donors (Lipinski definition) is 2. The van der Waals surface area contributed by atoms with Crippen molar-refractivity contribution >= 4 is 28.5 Å². The minimum absolute atomic E-state index is 0.453. The number of fused-ring (bicyclic) bond motifs is 1. The van der Waals surface area contributed by atoms with Gasteiger partial charge in [0.15, 0.2) is 0 Å². The number of nitrogens with two attached hydrogens (primary N) is 1. The molecular weight excluding hydrogens is 346 g/mol. The smallest absolute Gasteiger partial charge is 0.248 e. The highest BCUT2D eigenvalue weighted by Crippen LogP contribution is 2.22. The first kappa shape index (κ1) is 16.4. The van der Waals surface area contributed by atoms with Crippen LogP contribution >= 0.6 is 11.6 Å². The molecule has 3 N–H and O–H groups in total. The molecule has 0 bridgehead atoms. The molecule has 3 aromatic carbocycles. The predicted molar refractivity (Wildman–Crippen MR) is 104 cm³/mol. The Balaban J connectivity index is 1.59. The fourth-order valence-corrected chi connectivity index (χ4v) is 3.04. The summed E-state index contributed by atoms with van der Waals surface area (Å²) in [6.07, 6.45) is 0.847. The van der Waals surface area contributed by atoms with Gasteiger partial charge < -0.3 is 10.7 Å². The fraction of sp³-hybridized carbons (Fsp3) is 0.0476. The monoisotopic (exact) mass is 361 g/mol. The summed E-state index contributed by atoms with van der Waals surface area (Å²) in [4.78, 5) is 19.2. The van der Waals surface area contributed by atoms with Gasteiger partial charge in [-0.3, -0.25) is 4.79 Å². The third kappa shape index (κ3) is 3.32. The number of benzene rings is 3. The second kappa shape index (κ2) is 6.65. The quantitative estimate of drug-likeness (QED) is 0.558. The Labute approximate surface area is 155 Å². The standard InChI is InChI=1S/C21H16ClN3O/c22-17-8-3-14(4-9-17)11-13-1-5-15(6-2-13)21-24-18-10-7-16(20(23)26)12-19(18)25-21/h1-10,12H,11H2,(H2,23,26)(H,24,25). The summed E-state index contributed by atoms with van der Waals surface area (Å²) in [5.41, 5.74) is 10.8. The van der Waals surface area contributed by atoms with Gasteiger partial charge in [-0.25, -0.2) is 4.98 Å². The fourth-order valence-electron chi connectivity index (χ4n) is 2.91. The van der Waals surface area contributed by atoms with Gasteiger partial charge in [0, 0.05) is 16.1 Å². The molecule has 0 unspecified atom stereocenters. The van der Waals surface area contributed by atoms with E-state index in [1.807, 2.05) is 42.5 Å². The minimum Gasteiger partial charge on any atom is -0.366 e. The van der Waals surface area contributed by atoms with Gasteiger partial charge in [-0.2, -0.15) is 0 Å². The highest BCUT2D eigenvalue weighted by molar-refractivity contribution is 6.30. The molecule has 0 spiro atoms. The summed E-state index contributed by atoms with van der Waals surface area (Å²) >= 11 is 5.93. The molecule has 0 aliphatic heterocycles. The van der Waals surface area contributed by atoms with Crippen LogP contribution in [0.15, 0.2) is 66.7 Å². The number of aromatic nitrogens is 2. The second-order valence-electron chi connectivity index (χ2n) is 6.18. The van der Waals surface area contributed by atoms with Crippen LogP contribution in [0.2, 0.25) is 5.02 Å². The van der Waals surface area contributed by atoms with Crippen LogP contribution in [-0.2, 0) is 6.42 Å². The van der Waals surface area contributed by atoms with Gasteiger partial charge in [0.25, 0.3) is 0 Å². The number of halogens is 1. The largest absolute Gasteiger partial charge is 0.366 e. The third-order valence-electron chi connectivity index (χ3n) is 4.32. The summed E-state index contributed by atoms with van der Waals surface area (Å²) < 4.78 is 0. The first-order valence-corrected chi connectivity index (χ1v) is 8.59. The Morgan fingerprint density at radius 1 is 0.962 bits per heavy atom. The maximum atomic E-state index is 11.3. The lowest BCUT2D eigenvalue weighted by Crippen LogP contribution is -2.10. The van der Waals surface area contributed by atoms with E-state index in [2.05, 4.69) is 22.1 Å². The van der Waals surface area contributed by atoms with Gasteiger partial charge in [0.1, 0.15) is 5.82 Å². The van der Waals surface area contributed by atoms with E-state index in [0.717, 1.165) is 33.9 Å². The lowest BCUT2D eigenvalue weighted by Gasteiger charge is -2.03. The number of H-pyrrole nitrogens is 1. The number of nitrogens with one attached hydrogen (secondary N) is 1. The van der Waals surface area contributed by atoms with Crippen molar-refractivity contribution in [3.63, 3.8) is 0 Å². The average Bonchev–Trinajstić information content (AvgIpc) is 3.07. The van der Waals surface area contributed by atoms with E-state index in [0.29, 0.717) is 5.56 Å². The zero-order valence-electron chi connectivity index (χ0n) is 13.9. The van der Waals surface area contributed by atoms with Crippen LogP contribution in [0.1, 0.15) is 21.5 Å². The number of primary amides is 1. The van der Waals surface area contributed by atoms with Crippen molar-refractivity contribution < 1.29 is 4.79 Å². The van der Waals surface area contributed by atoms with E-state index in [1.54, 1.807) is 12.1 Å². The number of aromatic amines is 1. The molecule has 4 aromatic rings. The number of rotatable bonds is 4. The van der Waals surface area contributed by atoms with Crippen LogP contribution in [0.4, 0.5) is 0 Å². The zero-order valence-corrected chi connectivity index (χ0v) is 14.6. The summed E-state index contributed by atoms with van der Waals surface area (Å²) in [6.45, 7) is 0. The van der Waals surface area contributed by atoms with Crippen LogP contribution in [-0.4, -0.2) is 15.9 Å². The lowest BCUT2D eigenvalue weighted by molar-refractivity contribution is 0.100. The Morgan fingerprint density at radius 2 is 1.62 bits per heavy atom. The number of carbonyl (C=O) groups is 1. The molecular formula is C21H16ClN3O. The van der Waals surface area contributed by atoms with Crippen LogP contribution in [0.5, 0.6) is 0 Å². The number of imidazole rings is 1. The van der Waals surface area contributed by atoms with Crippen molar-refractivity contribution in [1.29, 1.82) is 0 Å². The van der Waals surface area contributed by atoms with Crippen molar-refractivity contribution in [2.24, 2.45) is 5.73 Å². The first-order valence-electron chi connectivity index (χ1n) is 8.22. The van der Waals surface area contributed by atoms with Crippen LogP contribution in [0.25, 0.3) is 22.4 Å². The van der Waals surface area contributed by atoms with Crippen molar-refractivity contribution in [3.8, 4) is 11.4 Å². The van der Waals surface area contributed by atoms with E-state index in [1.165, 1.54) is 11.1 Å². The van der Waals surface area contributed by atoms with Gasteiger partial charge in [-0.1, -0.05) is 48.0 Å². The Bertz CT molecular complexity index is 1080. The normalized spacial score (nSPS) is 11.0. The van der Waals surface area contributed by atoms with E-state index in [9.17, 15) is 4.79 Å². The number of amides is 1. The third-order valence-corrected chi connectivity index (χ3v) is 4.57. The van der Waals surface area contributed by atoms with E-state index >= 15 is 0 Å². The molecule has 0 atom stereocenters. The van der Waals surface area contributed by atoms with Crippen molar-refractivity contribution in [2.75, 3.05) is 0 Å². The summed E-state index contributed by atoms with van der Waals surface area (Å²) in [5, 5.41) is 0.744. The number of carbonyl (C=O) groups excluding carboxylic acids is 1. The molecule has 0 aliphatic rings. The zero-order chi connectivity index (χ0) is 18.1. The Morgan fingerprint density at radius 3 is 2.27 bits per heavy atom. The average molecular weight is 362 g/mol. The molecule has 0 fully saturated rings. The topological polar surface area (TPSA) is 71.8 Å². The maximum Gasteiger partial charge on any atom is 0.248 e. The molecule has 1 heterocycles. The molecule has 26 heavy (non-hydrogen) atoms. The molecule has 1 aromatic heterocycles. The molecule has 5 heteroatoms. The SMILES string of the molecule is NC(=O)c1ccc2[nH]c(-c3ccc(Cc4ccc(Cl)cc4)cc3)nc2c1. The Kier molecular flexibility index (Phi) is 4.19. The van der Waals surface area contributed by atoms with E-state index < -0.39 is 5.91 Å². The molecule has 0 saturated carbocycles. The maximum absolute atomic E-state index is 11.3. The molecule has 128 valence electrons. The molecule has 1 amide bonds. The highest BCUT2D eigenvalue weighted by atomic mass is 35.5. The van der Waals surface area contributed by atoms with Crippen molar-refractivity contribution in [2.45, 2.75) is 6.42 Å². The lowest BCUT2D eigenvalue weighted by atomic mass is 10.0. The molecule has 0 saturated heterocycles. The molecule has 0 radical (unpaired) electrons. The second-order valence-corrected chi connectivity index (χ2v) is 6.62. The molecule has 0 aliphatic carbocycles. The van der Waals surface area contributed by atoms with Crippen molar-refractivity contribution in [3.05, 3.63) is 88.4 Å². The molecule has 4 nitrogen and oxygen atoms in total. The first-order chi connectivity index (χ1) is 12.6. The molecule has 4 rings (SSSR count).